The van der Waals surface area contributed by atoms with Crippen LogP contribution in [0.2, 0.25) is 0 Å². The van der Waals surface area contributed by atoms with Gasteiger partial charge in [-0.2, -0.15) is 0 Å². The van der Waals surface area contributed by atoms with Crippen LogP contribution in [0.25, 0.3) is 0 Å². The molecule has 1 aliphatic heterocycles. The molecule has 10 heteroatoms. The van der Waals surface area contributed by atoms with E-state index in [2.05, 4.69) is 11.9 Å². The standard InChI is InChI=1S/C27H38N2O8/c1-4-5-6-7-8-22(32)29(10-12-35-2)20-15-19(27(34)28-9-11-30)23-18-13-17(16-31)14-21(36-3)25(18)37-26(23)24(20)33/h4,13-15,20,23-24,26,30-31,33H,1,5-12,16H2,2-3H3,(H,28,34). The molecule has 4 unspecified atom stereocenters. The van der Waals surface area contributed by atoms with E-state index in [1.807, 2.05) is 6.08 Å². The molecule has 0 saturated heterocycles. The molecule has 10 nitrogen and oxygen atoms in total. The molecule has 2 aliphatic rings. The lowest BCUT2D eigenvalue weighted by atomic mass is 9.77. The Morgan fingerprint density at radius 2 is 2.03 bits per heavy atom. The van der Waals surface area contributed by atoms with Crippen molar-refractivity contribution in [2.45, 2.75) is 56.5 Å². The Labute approximate surface area is 217 Å². The lowest BCUT2D eigenvalue weighted by Crippen LogP contribution is -2.56. The van der Waals surface area contributed by atoms with E-state index in [1.165, 1.54) is 14.2 Å². The Kier molecular flexibility index (Phi) is 10.5. The first-order chi connectivity index (χ1) is 17.9. The normalized spacial score (nSPS) is 21.8. The van der Waals surface area contributed by atoms with E-state index in [1.54, 1.807) is 23.1 Å². The predicted molar refractivity (Wildman–Crippen MR) is 136 cm³/mol. The van der Waals surface area contributed by atoms with Gasteiger partial charge in [0, 0.05) is 37.8 Å². The SMILES string of the molecule is C=CCCCCC(=O)N(CCOC)C1C=C(C(=O)NCCO)C2c3cc(CO)cc(OC)c3OC2C1O. The number of hydrogen-bond donors (Lipinski definition) is 4. The minimum Gasteiger partial charge on any atom is -0.493 e. The van der Waals surface area contributed by atoms with E-state index in [-0.39, 0.29) is 45.2 Å². The minimum absolute atomic E-state index is 0.0458. The summed E-state index contributed by atoms with van der Waals surface area (Å²) in [5.41, 5.74) is 1.49. The third-order valence-corrected chi connectivity index (χ3v) is 6.76. The zero-order valence-corrected chi connectivity index (χ0v) is 21.5. The van der Waals surface area contributed by atoms with Crippen molar-refractivity contribution in [3.63, 3.8) is 0 Å². The van der Waals surface area contributed by atoms with Crippen LogP contribution in [-0.4, -0.2) is 90.8 Å². The van der Waals surface area contributed by atoms with E-state index >= 15 is 0 Å². The Balaban J connectivity index is 2.03. The monoisotopic (exact) mass is 518 g/mol. The van der Waals surface area contributed by atoms with E-state index in [0.29, 0.717) is 34.6 Å². The minimum atomic E-state index is -1.15. The molecule has 0 fully saturated rings. The van der Waals surface area contributed by atoms with Crippen molar-refractivity contribution < 1.29 is 39.1 Å². The first-order valence-electron chi connectivity index (χ1n) is 12.6. The molecule has 204 valence electrons. The van der Waals surface area contributed by atoms with Crippen molar-refractivity contribution >= 4 is 11.8 Å². The maximum Gasteiger partial charge on any atom is 0.247 e. The fourth-order valence-corrected chi connectivity index (χ4v) is 4.96. The smallest absolute Gasteiger partial charge is 0.247 e. The molecule has 1 aromatic rings. The predicted octanol–water partition coefficient (Wildman–Crippen LogP) is 1.03. The molecule has 0 spiro atoms. The molecule has 1 heterocycles. The summed E-state index contributed by atoms with van der Waals surface area (Å²) in [7, 11) is 3.01. The van der Waals surface area contributed by atoms with Gasteiger partial charge in [-0.15, -0.1) is 6.58 Å². The van der Waals surface area contributed by atoms with Crippen LogP contribution >= 0.6 is 0 Å². The summed E-state index contributed by atoms with van der Waals surface area (Å²) in [6.45, 7) is 3.75. The van der Waals surface area contributed by atoms with E-state index in [0.717, 1.165) is 12.8 Å². The highest BCUT2D eigenvalue weighted by molar-refractivity contribution is 5.96. The van der Waals surface area contributed by atoms with Crippen molar-refractivity contribution in [3.05, 3.63) is 47.6 Å². The highest BCUT2D eigenvalue weighted by Crippen LogP contribution is 2.51. The number of nitrogens with zero attached hydrogens (tertiary/aromatic N) is 1. The van der Waals surface area contributed by atoms with Crippen LogP contribution in [0.5, 0.6) is 11.5 Å². The van der Waals surface area contributed by atoms with E-state index < -0.39 is 30.1 Å². The number of methoxy groups -OCH3 is 2. The summed E-state index contributed by atoms with van der Waals surface area (Å²) >= 11 is 0. The molecule has 2 amide bonds. The third kappa shape index (κ3) is 6.32. The summed E-state index contributed by atoms with van der Waals surface area (Å²) in [5.74, 6) is -0.493. The molecule has 0 radical (unpaired) electrons. The van der Waals surface area contributed by atoms with Crippen LogP contribution in [0, 0.1) is 0 Å². The molecule has 0 bridgehead atoms. The summed E-state index contributed by atoms with van der Waals surface area (Å²) < 4.78 is 16.9. The molecular weight excluding hydrogens is 480 g/mol. The Bertz CT molecular complexity index is 995. The van der Waals surface area contributed by atoms with E-state index in [9.17, 15) is 24.9 Å². The molecule has 4 N–H and O–H groups in total. The highest BCUT2D eigenvalue weighted by atomic mass is 16.5. The average molecular weight is 519 g/mol. The largest absolute Gasteiger partial charge is 0.493 e. The molecule has 1 aliphatic carbocycles. The summed E-state index contributed by atoms with van der Waals surface area (Å²) in [6, 6.07) is 2.54. The number of allylic oxidation sites excluding steroid dienone is 1. The van der Waals surface area contributed by atoms with Crippen LogP contribution in [0.1, 0.15) is 42.7 Å². The van der Waals surface area contributed by atoms with Crippen molar-refractivity contribution in [2.24, 2.45) is 0 Å². The fourth-order valence-electron chi connectivity index (χ4n) is 4.96. The van der Waals surface area contributed by atoms with Crippen molar-refractivity contribution in [1.29, 1.82) is 0 Å². The molecule has 0 aromatic heterocycles. The second-order valence-electron chi connectivity index (χ2n) is 9.13. The summed E-state index contributed by atoms with van der Waals surface area (Å²) in [6.07, 6.45) is 3.98. The van der Waals surface area contributed by atoms with Crippen LogP contribution in [0.3, 0.4) is 0 Å². The lowest BCUT2D eigenvalue weighted by Gasteiger charge is -2.40. The average Bonchev–Trinajstić information content (AvgIpc) is 3.30. The van der Waals surface area contributed by atoms with Gasteiger partial charge in [-0.1, -0.05) is 6.08 Å². The van der Waals surface area contributed by atoms with Crippen molar-refractivity contribution in [2.75, 3.05) is 40.5 Å². The second kappa shape index (κ2) is 13.6. The maximum absolute atomic E-state index is 13.3. The van der Waals surface area contributed by atoms with Crippen LogP contribution in [0.15, 0.2) is 36.4 Å². The molecule has 37 heavy (non-hydrogen) atoms. The summed E-state index contributed by atoms with van der Waals surface area (Å²) in [4.78, 5) is 28.1. The van der Waals surface area contributed by atoms with Gasteiger partial charge in [0.15, 0.2) is 11.5 Å². The van der Waals surface area contributed by atoms with Crippen LogP contribution < -0.4 is 14.8 Å². The molecule has 4 atom stereocenters. The number of benzene rings is 1. The molecule has 3 rings (SSSR count). The fraction of sp³-hybridized carbons (Fsp3) is 0.556. The van der Waals surface area contributed by atoms with E-state index in [4.69, 9.17) is 14.2 Å². The maximum atomic E-state index is 13.3. The van der Waals surface area contributed by atoms with Crippen molar-refractivity contribution in [3.8, 4) is 11.5 Å². The lowest BCUT2D eigenvalue weighted by molar-refractivity contribution is -0.138. The number of ether oxygens (including phenoxy) is 3. The van der Waals surface area contributed by atoms with Gasteiger partial charge in [0.25, 0.3) is 0 Å². The zero-order chi connectivity index (χ0) is 26.9. The number of fused-ring (bicyclic) bond motifs is 3. The Morgan fingerprint density at radius 3 is 2.68 bits per heavy atom. The number of carbonyl (C=O) groups excluding carboxylic acids is 2. The number of hydrogen-bond acceptors (Lipinski definition) is 8. The van der Waals surface area contributed by atoms with Gasteiger partial charge in [-0.3, -0.25) is 9.59 Å². The van der Waals surface area contributed by atoms with Gasteiger partial charge >= 0.3 is 0 Å². The number of unbranched alkanes of at least 4 members (excludes halogenated alkanes) is 2. The topological polar surface area (TPSA) is 138 Å². The number of rotatable bonds is 14. The van der Waals surface area contributed by atoms with Crippen LogP contribution in [-0.2, 0) is 20.9 Å². The first-order valence-corrected chi connectivity index (χ1v) is 12.6. The second-order valence-corrected chi connectivity index (χ2v) is 9.13. The first kappa shape index (κ1) is 28.6. The number of carbonyl (C=O) groups is 2. The quantitative estimate of drug-likeness (QED) is 0.212. The number of nitrogens with one attached hydrogen (secondary N) is 1. The molecular formula is C27H38N2O8. The molecule has 1 aromatic carbocycles. The number of aliphatic hydroxyl groups is 3. The highest BCUT2D eigenvalue weighted by Gasteiger charge is 2.51. The van der Waals surface area contributed by atoms with Crippen LogP contribution in [0.4, 0.5) is 0 Å². The summed E-state index contributed by atoms with van der Waals surface area (Å²) in [5, 5.41) is 33.2. The van der Waals surface area contributed by atoms with Gasteiger partial charge in [-0.25, -0.2) is 0 Å². The Hall–Kier alpha value is -2.92. The third-order valence-electron chi connectivity index (χ3n) is 6.76. The van der Waals surface area contributed by atoms with Gasteiger partial charge in [0.05, 0.1) is 38.9 Å². The van der Waals surface area contributed by atoms with Gasteiger partial charge in [0.2, 0.25) is 11.8 Å². The Morgan fingerprint density at radius 1 is 1.24 bits per heavy atom. The molecule has 0 saturated carbocycles. The number of amides is 2. The van der Waals surface area contributed by atoms with Gasteiger partial charge < -0.3 is 39.7 Å². The number of aliphatic hydroxyl groups excluding tert-OH is 3. The van der Waals surface area contributed by atoms with Gasteiger partial charge in [0.1, 0.15) is 12.2 Å². The van der Waals surface area contributed by atoms with Gasteiger partial charge in [-0.05, 0) is 43.0 Å². The zero-order valence-electron chi connectivity index (χ0n) is 21.5. The van der Waals surface area contributed by atoms with Crippen molar-refractivity contribution in [1.82, 2.24) is 10.2 Å².